The first-order valence-corrected chi connectivity index (χ1v) is 40.1. The average Bonchev–Trinajstić information content (AvgIpc) is 0.895. The van der Waals surface area contributed by atoms with E-state index in [2.05, 4.69) is 81.2 Å². The molecular formula is C90H128Cl4N12Na2O22S. The fourth-order valence-electron chi connectivity index (χ4n) is 8.03. The van der Waals surface area contributed by atoms with E-state index >= 15 is 0 Å². The summed E-state index contributed by atoms with van der Waals surface area (Å²) in [7, 11) is 20.5. The summed E-state index contributed by atoms with van der Waals surface area (Å²) >= 11 is 11.2. The number of benzene rings is 5. The second kappa shape index (κ2) is 81.2. The maximum atomic E-state index is 11.7. The van der Waals surface area contributed by atoms with E-state index in [1.165, 1.54) is 24.8 Å². The van der Waals surface area contributed by atoms with Crippen LogP contribution in [0.2, 0.25) is 0 Å². The van der Waals surface area contributed by atoms with Crippen molar-refractivity contribution < 1.29 is 166 Å². The predicted octanol–water partition coefficient (Wildman–Crippen LogP) is 11.0. The van der Waals surface area contributed by atoms with Gasteiger partial charge in [-0.25, -0.2) is 64.0 Å². The Labute approximate surface area is 838 Å². The number of aromatic nitrogens is 12. The summed E-state index contributed by atoms with van der Waals surface area (Å²) < 4.78 is 76.6. The van der Waals surface area contributed by atoms with Gasteiger partial charge in [0, 0.05) is 48.6 Å². The maximum Gasteiger partial charge on any atom is 1.00 e. The van der Waals surface area contributed by atoms with Crippen molar-refractivity contribution in [2.24, 2.45) is 10.8 Å². The number of hydrogen-bond acceptors (Lipinski definition) is 34. The van der Waals surface area contributed by atoms with Gasteiger partial charge in [-0.15, -0.1) is 23.2 Å². The summed E-state index contributed by atoms with van der Waals surface area (Å²) in [5, 5.41) is 41.7. The molecule has 5 aromatic carbocycles. The number of rotatable bonds is 28. The average molecular weight is 1950 g/mol. The number of ether oxygens (including phenoxy) is 13. The molecule has 0 fully saturated rings. The fraction of sp³-hybridized carbons (Fsp3) is 0.378. The Balaban J connectivity index is -0.000000222. The zero-order chi connectivity index (χ0) is 90.5. The van der Waals surface area contributed by atoms with Crippen LogP contribution in [0.3, 0.4) is 0 Å². The van der Waals surface area contributed by atoms with E-state index in [-0.39, 0.29) is 152 Å². The largest absolute Gasteiger partial charge is 1.00 e. The third-order valence-electron chi connectivity index (χ3n) is 14.4. The zero-order valence-electron chi connectivity index (χ0n) is 72.7. The number of carbonyl (C=O) groups is 2. The Bertz CT molecular complexity index is 4380. The van der Waals surface area contributed by atoms with Gasteiger partial charge in [-0.1, -0.05) is 105 Å². The minimum atomic E-state index is -1.67. The summed E-state index contributed by atoms with van der Waals surface area (Å²) in [5.41, 5.74) is 4.20. The molecule has 6 heterocycles. The Morgan fingerprint density at radius 1 is 0.328 bits per heavy atom. The number of aromatic hydroxyl groups is 2. The molecule has 0 unspecified atom stereocenters. The van der Waals surface area contributed by atoms with Crippen LogP contribution in [0.5, 0.6) is 63.2 Å². The number of halogens is 4. The van der Waals surface area contributed by atoms with Gasteiger partial charge in [0.1, 0.15) is 80.8 Å². The van der Waals surface area contributed by atoms with Crippen LogP contribution in [-0.4, -0.2) is 166 Å². The van der Waals surface area contributed by atoms with E-state index in [1.807, 2.05) is 121 Å². The minimum Gasteiger partial charge on any atom is -0.870 e. The van der Waals surface area contributed by atoms with E-state index in [9.17, 15) is 9.59 Å². The van der Waals surface area contributed by atoms with Crippen LogP contribution in [0, 0.1) is 10.8 Å². The number of hydrogen-bond donors (Lipinski definition) is 4. The van der Waals surface area contributed by atoms with Crippen molar-refractivity contribution in [3.63, 3.8) is 0 Å². The van der Waals surface area contributed by atoms with Gasteiger partial charge in [-0.3, -0.25) is 9.59 Å². The van der Waals surface area contributed by atoms with Crippen LogP contribution in [0.4, 0.5) is 0 Å². The van der Waals surface area contributed by atoms with Crippen LogP contribution in [-0.2, 0) is 109 Å². The second-order valence-corrected chi connectivity index (χ2v) is 28.6. The normalized spacial score (nSPS) is 9.37. The summed E-state index contributed by atoms with van der Waals surface area (Å²) in [6.45, 7) is 13.2. The van der Waals surface area contributed by atoms with Crippen LogP contribution in [0.25, 0.3) is 0 Å². The van der Waals surface area contributed by atoms with Gasteiger partial charge in [0.25, 0.3) is 0 Å². The Morgan fingerprint density at radius 3 is 0.702 bits per heavy atom. The number of esters is 2. The van der Waals surface area contributed by atoms with Crippen molar-refractivity contribution >= 4 is 65.7 Å². The van der Waals surface area contributed by atoms with E-state index in [0.717, 1.165) is 70.8 Å². The second-order valence-electron chi connectivity index (χ2n) is 25.6. The molecule has 0 spiro atoms. The first kappa shape index (κ1) is 137. The van der Waals surface area contributed by atoms with E-state index in [0.29, 0.717) is 109 Å². The molecule has 0 atom stereocenters. The molecule has 5 N–H and O–H groups in total. The third kappa shape index (κ3) is 62.4. The van der Waals surface area contributed by atoms with Crippen molar-refractivity contribution in [3.05, 3.63) is 258 Å². The van der Waals surface area contributed by atoms with Crippen molar-refractivity contribution in [1.29, 1.82) is 0 Å². The molecule has 0 aliphatic rings. The first-order chi connectivity index (χ1) is 58.6. The SMILES string of the molecule is C.C.C.C.C.C.CC(C)(C)C(=O)OCc1ncc(O)cn1.CO.COCc1ncc(O)cn1.COCc1ncc(OCc2ccc(OC)cc2)cn1.COc1ccc(CCl)cc1.COc1ccc(COc2cnc(CCl)nc2)cc1.COc1ccc(COc2cnc(CO)nc2)cc1.COc1ccc(COc2cnc(COC(=O)C(C)(C)C)nc2)cc1.C[O-].O=S(Cl)Cl.[Na+].[Na+].[OH-]. The molecule has 0 aliphatic heterocycles. The molecule has 716 valence electrons. The molecule has 6 aromatic heterocycles. The molecular weight excluding hydrogens is 1820 g/mol. The molecule has 0 aliphatic carbocycles. The summed E-state index contributed by atoms with van der Waals surface area (Å²) in [6.07, 6.45) is 17.9. The van der Waals surface area contributed by atoms with Crippen molar-refractivity contribution in [2.45, 2.75) is 157 Å². The standard InChI is InChI=1S/C18H22N2O4.C14H16N2O3.C13H13ClN2O2.C13H14N2O3.C10H14N2O3.C8H9ClO.C6H8N2O2.CH4O.CH3O.6CH4.Cl2OS.2Na.H2O/c1-18(2,3)17(21)24-12-16-19-9-15(10-20-16)23-11-13-5-7-14(22-4)8-6-13;1-17-10-14-15-7-13(8-16-14)19-9-11-3-5-12(18-2)6-4-11;1-17-11-4-2-10(3-5-11)9-18-12-7-15-13(6-14)16-8-12;1-17-11-4-2-10(3-5-11)9-18-12-6-14-13(8-16)15-7-12;1-10(2,3)9(14)15-6-8-11-4-7(13)5-12-8;1-10-8-4-2-7(6-9)3-5-8;1-10-4-6-7-2-5(9)3-8-6;2*1-2;;;;;;;1-4(2)3;;;/h5-10H,11-12H2,1-4H3;3-8H,9-10H2,1-2H3;2-5,7-8H,6,9H2,1H3;2-7,16H,8-9H2,1H3;4-5,13H,6H2,1-3H3;2-5H,6H2,1H3;2-3,9H,4H2,1H3;2H,1H3;1H3;6*1H4;;;;1H2/q;;;;;;;;-1;;;;;;;;2*+1;/p-1. The van der Waals surface area contributed by atoms with E-state index in [1.54, 1.807) is 141 Å². The molecule has 11 aromatic rings. The molecule has 0 radical (unpaired) electrons. The molecule has 11 rings (SSSR count). The zero-order valence-corrected chi connectivity index (χ0v) is 80.6. The van der Waals surface area contributed by atoms with Crippen molar-refractivity contribution in [1.82, 2.24) is 59.8 Å². The minimum absolute atomic E-state index is 0. The van der Waals surface area contributed by atoms with Gasteiger partial charge < -0.3 is 92.6 Å². The molecule has 0 bridgehead atoms. The number of alkyl halides is 2. The molecule has 0 amide bonds. The van der Waals surface area contributed by atoms with Crippen LogP contribution in [0.1, 0.15) is 149 Å². The van der Waals surface area contributed by atoms with Crippen LogP contribution < -0.4 is 107 Å². The monoisotopic (exact) mass is 1950 g/mol. The van der Waals surface area contributed by atoms with Crippen LogP contribution in [0.15, 0.2) is 196 Å². The number of nitrogens with zero attached hydrogens (tertiary/aromatic N) is 12. The van der Waals surface area contributed by atoms with Crippen molar-refractivity contribution in [3.8, 4) is 63.2 Å². The summed E-state index contributed by atoms with van der Waals surface area (Å²) in [5.74, 6) is 9.84. The van der Waals surface area contributed by atoms with Gasteiger partial charge in [0.15, 0.2) is 76.8 Å². The molecule has 0 saturated carbocycles. The van der Waals surface area contributed by atoms with Crippen molar-refractivity contribution in [2.75, 3.05) is 64.0 Å². The van der Waals surface area contributed by atoms with E-state index in [4.69, 9.17) is 115 Å². The Hall–Kier alpha value is -9.61. The third-order valence-corrected chi connectivity index (χ3v) is 14.9. The molecule has 41 heteroatoms. The van der Waals surface area contributed by atoms with Gasteiger partial charge in [-0.2, -0.15) is 7.11 Å². The Morgan fingerprint density at radius 2 is 0.519 bits per heavy atom. The fourth-order valence-corrected chi connectivity index (χ4v) is 8.35. The predicted molar refractivity (Wildman–Crippen MR) is 499 cm³/mol. The van der Waals surface area contributed by atoms with Gasteiger partial charge in [0.05, 0.1) is 127 Å². The maximum absolute atomic E-state index is 11.7. The molecule has 131 heavy (non-hydrogen) atoms. The number of methoxy groups -OCH3 is 7. The number of aliphatic hydroxyl groups is 2. The number of aliphatic hydroxyl groups excluding tert-OH is 2. The molecule has 0 saturated heterocycles. The summed E-state index contributed by atoms with van der Waals surface area (Å²) in [4.78, 5) is 70.7. The van der Waals surface area contributed by atoms with Crippen LogP contribution >= 0.6 is 44.6 Å². The van der Waals surface area contributed by atoms with Gasteiger partial charge in [0.2, 0.25) is 9.23 Å². The number of carbonyl (C=O) groups excluding carboxylic acids is 2. The molecule has 34 nitrogen and oxygen atoms in total. The quantitative estimate of drug-likeness (QED) is 0.0153. The van der Waals surface area contributed by atoms with Gasteiger partial charge in [-0.05, 0) is 130 Å². The topological polar surface area (TPSA) is 460 Å². The summed E-state index contributed by atoms with van der Waals surface area (Å²) in [6, 6.07) is 38.3. The smallest absolute Gasteiger partial charge is 0.870 e. The Kier molecular flexibility index (Phi) is 84.8. The van der Waals surface area contributed by atoms with Gasteiger partial charge >= 0.3 is 71.1 Å². The van der Waals surface area contributed by atoms with E-state index < -0.39 is 20.1 Å². The first-order valence-electron chi connectivity index (χ1n) is 36.2.